The Morgan fingerprint density at radius 3 is 2.39 bits per heavy atom. The Bertz CT molecular complexity index is 290. The van der Waals surface area contributed by atoms with Crippen molar-refractivity contribution < 1.29 is 24.2 Å². The van der Waals surface area contributed by atoms with Gasteiger partial charge in [0.05, 0.1) is 18.9 Å². The molecule has 0 bridgehead atoms. The zero-order chi connectivity index (χ0) is 14.0. The second kappa shape index (κ2) is 9.44. The van der Waals surface area contributed by atoms with Crippen molar-refractivity contribution in [2.75, 3.05) is 13.2 Å². The molecule has 0 saturated carbocycles. The third kappa shape index (κ3) is 7.65. The van der Waals surface area contributed by atoms with Crippen LogP contribution in [0, 0.1) is 5.92 Å². The summed E-state index contributed by atoms with van der Waals surface area (Å²) < 4.78 is 4.68. The monoisotopic (exact) mass is 259 g/mol. The molecule has 2 N–H and O–H groups in total. The number of aliphatic carboxylic acids is 1. The van der Waals surface area contributed by atoms with Crippen LogP contribution in [0.25, 0.3) is 0 Å². The molecule has 0 radical (unpaired) electrons. The number of carboxylic acid groups (broad SMARTS) is 1. The highest BCUT2D eigenvalue weighted by molar-refractivity contribution is 5.81. The SMILES string of the molecule is CCCC(CNC(=O)CCC(=O)OCC)C(=O)O. The van der Waals surface area contributed by atoms with Crippen molar-refractivity contribution in [1.82, 2.24) is 5.32 Å². The number of carboxylic acids is 1. The Balaban J connectivity index is 3.87. The fraction of sp³-hybridized carbons (Fsp3) is 0.750. The molecular weight excluding hydrogens is 238 g/mol. The number of ether oxygens (including phenoxy) is 1. The third-order valence-corrected chi connectivity index (χ3v) is 2.39. The van der Waals surface area contributed by atoms with Crippen molar-refractivity contribution in [3.63, 3.8) is 0 Å². The average molecular weight is 259 g/mol. The van der Waals surface area contributed by atoms with Crippen molar-refractivity contribution in [3.8, 4) is 0 Å². The van der Waals surface area contributed by atoms with E-state index in [4.69, 9.17) is 5.11 Å². The maximum atomic E-state index is 11.4. The van der Waals surface area contributed by atoms with E-state index in [1.54, 1.807) is 6.92 Å². The zero-order valence-corrected chi connectivity index (χ0v) is 10.9. The van der Waals surface area contributed by atoms with E-state index < -0.39 is 17.9 Å². The first kappa shape index (κ1) is 16.4. The Hall–Kier alpha value is -1.59. The highest BCUT2D eigenvalue weighted by Gasteiger charge is 2.17. The number of hydrogen-bond acceptors (Lipinski definition) is 4. The van der Waals surface area contributed by atoms with Gasteiger partial charge < -0.3 is 15.2 Å². The molecule has 0 saturated heterocycles. The van der Waals surface area contributed by atoms with Gasteiger partial charge in [0.15, 0.2) is 0 Å². The van der Waals surface area contributed by atoms with Gasteiger partial charge in [0.1, 0.15) is 0 Å². The number of amides is 1. The average Bonchev–Trinajstić information content (AvgIpc) is 2.31. The molecule has 0 aromatic rings. The van der Waals surface area contributed by atoms with Crippen LogP contribution in [-0.4, -0.2) is 36.1 Å². The van der Waals surface area contributed by atoms with Gasteiger partial charge >= 0.3 is 11.9 Å². The molecular formula is C12H21NO5. The maximum Gasteiger partial charge on any atom is 0.308 e. The summed E-state index contributed by atoms with van der Waals surface area (Å²) >= 11 is 0. The first-order valence-corrected chi connectivity index (χ1v) is 6.16. The summed E-state index contributed by atoms with van der Waals surface area (Å²) in [5.74, 6) is -2.23. The summed E-state index contributed by atoms with van der Waals surface area (Å²) in [7, 11) is 0. The summed E-state index contributed by atoms with van der Waals surface area (Å²) in [6.07, 6.45) is 1.31. The fourth-order valence-electron chi connectivity index (χ4n) is 1.44. The van der Waals surface area contributed by atoms with Gasteiger partial charge in [0, 0.05) is 13.0 Å². The van der Waals surface area contributed by atoms with Gasteiger partial charge in [-0.05, 0) is 13.3 Å². The summed E-state index contributed by atoms with van der Waals surface area (Å²) in [5, 5.41) is 11.4. The fourth-order valence-corrected chi connectivity index (χ4v) is 1.44. The van der Waals surface area contributed by atoms with Crippen molar-refractivity contribution in [1.29, 1.82) is 0 Å². The minimum absolute atomic E-state index is 0.0190. The van der Waals surface area contributed by atoms with Crippen LogP contribution in [0.1, 0.15) is 39.5 Å². The maximum absolute atomic E-state index is 11.4. The number of carbonyl (C=O) groups excluding carboxylic acids is 2. The second-order valence-corrected chi connectivity index (χ2v) is 3.93. The highest BCUT2D eigenvalue weighted by Crippen LogP contribution is 2.05. The van der Waals surface area contributed by atoms with E-state index in [2.05, 4.69) is 10.1 Å². The summed E-state index contributed by atoms with van der Waals surface area (Å²) in [4.78, 5) is 33.2. The van der Waals surface area contributed by atoms with Crippen LogP contribution in [0.5, 0.6) is 0 Å². The molecule has 1 atom stereocenters. The molecule has 0 aromatic heterocycles. The molecule has 0 aromatic carbocycles. The molecule has 6 heteroatoms. The lowest BCUT2D eigenvalue weighted by molar-refractivity contribution is -0.145. The molecule has 6 nitrogen and oxygen atoms in total. The number of esters is 1. The molecule has 0 rings (SSSR count). The van der Waals surface area contributed by atoms with Crippen LogP contribution in [0.3, 0.4) is 0 Å². The standard InChI is InChI=1S/C12H21NO5/c1-3-5-9(12(16)17)8-13-10(14)6-7-11(15)18-4-2/h9H,3-8H2,1-2H3,(H,13,14)(H,16,17). The molecule has 18 heavy (non-hydrogen) atoms. The van der Waals surface area contributed by atoms with Gasteiger partial charge in [0.25, 0.3) is 0 Å². The van der Waals surface area contributed by atoms with E-state index >= 15 is 0 Å². The lowest BCUT2D eigenvalue weighted by Gasteiger charge is -2.12. The van der Waals surface area contributed by atoms with Crippen molar-refractivity contribution in [3.05, 3.63) is 0 Å². The lowest BCUT2D eigenvalue weighted by Crippen LogP contribution is -2.33. The Morgan fingerprint density at radius 1 is 1.22 bits per heavy atom. The van der Waals surface area contributed by atoms with E-state index in [1.807, 2.05) is 6.92 Å². The Kier molecular flexibility index (Phi) is 8.61. The van der Waals surface area contributed by atoms with Crippen LogP contribution >= 0.6 is 0 Å². The number of carbonyl (C=O) groups is 3. The number of nitrogens with one attached hydrogen (secondary N) is 1. The topological polar surface area (TPSA) is 92.7 Å². The van der Waals surface area contributed by atoms with E-state index in [9.17, 15) is 14.4 Å². The lowest BCUT2D eigenvalue weighted by atomic mass is 10.0. The largest absolute Gasteiger partial charge is 0.481 e. The van der Waals surface area contributed by atoms with Gasteiger partial charge in [-0.2, -0.15) is 0 Å². The summed E-state index contributed by atoms with van der Waals surface area (Å²) in [6, 6.07) is 0. The van der Waals surface area contributed by atoms with Crippen LogP contribution in [0.15, 0.2) is 0 Å². The van der Waals surface area contributed by atoms with Crippen molar-refractivity contribution in [2.45, 2.75) is 39.5 Å². The van der Waals surface area contributed by atoms with Gasteiger partial charge in [-0.25, -0.2) is 0 Å². The minimum atomic E-state index is -0.914. The minimum Gasteiger partial charge on any atom is -0.481 e. The molecule has 0 fully saturated rings. The molecule has 0 spiro atoms. The zero-order valence-electron chi connectivity index (χ0n) is 10.9. The molecule has 0 aliphatic heterocycles. The van der Waals surface area contributed by atoms with Crippen molar-refractivity contribution >= 4 is 17.8 Å². The number of rotatable bonds is 9. The van der Waals surface area contributed by atoms with E-state index in [-0.39, 0.29) is 31.9 Å². The van der Waals surface area contributed by atoms with Crippen LogP contribution in [0.4, 0.5) is 0 Å². The predicted octanol–water partition coefficient (Wildman–Crippen LogP) is 0.947. The second-order valence-electron chi connectivity index (χ2n) is 3.93. The first-order valence-electron chi connectivity index (χ1n) is 6.16. The Morgan fingerprint density at radius 2 is 1.89 bits per heavy atom. The molecule has 1 unspecified atom stereocenters. The van der Waals surface area contributed by atoms with Gasteiger partial charge in [-0.3, -0.25) is 14.4 Å². The normalized spacial score (nSPS) is 11.7. The van der Waals surface area contributed by atoms with Crippen LogP contribution in [-0.2, 0) is 19.1 Å². The van der Waals surface area contributed by atoms with E-state index in [0.717, 1.165) is 6.42 Å². The van der Waals surface area contributed by atoms with Gasteiger partial charge in [0.2, 0.25) is 5.91 Å². The molecule has 0 aliphatic carbocycles. The van der Waals surface area contributed by atoms with Crippen molar-refractivity contribution in [2.24, 2.45) is 5.92 Å². The first-order chi connectivity index (χ1) is 8.51. The third-order valence-electron chi connectivity index (χ3n) is 2.39. The molecule has 0 heterocycles. The quantitative estimate of drug-likeness (QED) is 0.601. The molecule has 104 valence electrons. The Labute approximate surface area is 107 Å². The van der Waals surface area contributed by atoms with Crippen LogP contribution in [0.2, 0.25) is 0 Å². The van der Waals surface area contributed by atoms with E-state index in [0.29, 0.717) is 6.42 Å². The van der Waals surface area contributed by atoms with Crippen LogP contribution < -0.4 is 5.32 Å². The highest BCUT2D eigenvalue weighted by atomic mass is 16.5. The van der Waals surface area contributed by atoms with Gasteiger partial charge in [-0.1, -0.05) is 13.3 Å². The molecule has 0 aliphatic rings. The summed E-state index contributed by atoms with van der Waals surface area (Å²) in [6.45, 7) is 3.97. The smallest absolute Gasteiger partial charge is 0.308 e. The molecule has 1 amide bonds. The number of hydrogen-bond donors (Lipinski definition) is 2. The van der Waals surface area contributed by atoms with Gasteiger partial charge in [-0.15, -0.1) is 0 Å². The summed E-state index contributed by atoms with van der Waals surface area (Å²) in [5.41, 5.74) is 0. The predicted molar refractivity (Wildman–Crippen MR) is 64.9 cm³/mol. The van der Waals surface area contributed by atoms with E-state index in [1.165, 1.54) is 0 Å².